The van der Waals surface area contributed by atoms with Crippen molar-refractivity contribution in [3.63, 3.8) is 0 Å². The van der Waals surface area contributed by atoms with Crippen LogP contribution in [0.3, 0.4) is 0 Å². The van der Waals surface area contributed by atoms with Crippen molar-refractivity contribution in [3.05, 3.63) is 34.6 Å². The van der Waals surface area contributed by atoms with Crippen LogP contribution in [0.15, 0.2) is 18.2 Å². The lowest BCUT2D eigenvalue weighted by atomic mass is 9.93. The van der Waals surface area contributed by atoms with E-state index in [0.717, 1.165) is 31.2 Å². The van der Waals surface area contributed by atoms with Gasteiger partial charge in [0, 0.05) is 6.42 Å². The van der Waals surface area contributed by atoms with Crippen molar-refractivity contribution >= 4 is 11.6 Å². The molecular weight excluding hydrogens is 215 g/mol. The quantitative estimate of drug-likeness (QED) is 0.823. The summed E-state index contributed by atoms with van der Waals surface area (Å²) in [7, 11) is 0. The maximum atomic E-state index is 13.2. The van der Waals surface area contributed by atoms with E-state index < -0.39 is 11.4 Å². The van der Waals surface area contributed by atoms with Gasteiger partial charge in [-0.3, -0.25) is 0 Å². The highest BCUT2D eigenvalue weighted by Crippen LogP contribution is 2.33. The highest BCUT2D eigenvalue weighted by molar-refractivity contribution is 6.30. The van der Waals surface area contributed by atoms with Crippen molar-refractivity contribution in [1.29, 1.82) is 0 Å². The molecule has 0 saturated heterocycles. The van der Waals surface area contributed by atoms with E-state index in [0.29, 0.717) is 6.42 Å². The van der Waals surface area contributed by atoms with E-state index in [4.69, 9.17) is 11.6 Å². The first-order valence-electron chi connectivity index (χ1n) is 5.25. The first-order chi connectivity index (χ1) is 7.09. The van der Waals surface area contributed by atoms with Crippen molar-refractivity contribution in [3.8, 4) is 0 Å². The van der Waals surface area contributed by atoms with Crippen LogP contribution in [0.5, 0.6) is 0 Å². The van der Waals surface area contributed by atoms with Crippen molar-refractivity contribution in [2.24, 2.45) is 0 Å². The lowest BCUT2D eigenvalue weighted by Crippen LogP contribution is -2.27. The molecule has 2 rings (SSSR count). The van der Waals surface area contributed by atoms with E-state index in [2.05, 4.69) is 0 Å². The van der Waals surface area contributed by atoms with E-state index in [1.165, 1.54) is 6.07 Å². The van der Waals surface area contributed by atoms with Crippen molar-refractivity contribution in [2.75, 3.05) is 0 Å². The van der Waals surface area contributed by atoms with Crippen LogP contribution in [0, 0.1) is 5.82 Å². The third-order valence-corrected chi connectivity index (χ3v) is 3.36. The van der Waals surface area contributed by atoms with Gasteiger partial charge in [-0.2, -0.15) is 0 Å². The molecule has 0 amide bonds. The van der Waals surface area contributed by atoms with E-state index in [1.807, 2.05) is 0 Å². The summed E-state index contributed by atoms with van der Waals surface area (Å²) in [5, 5.41) is 10.3. The number of halogens is 2. The van der Waals surface area contributed by atoms with Gasteiger partial charge < -0.3 is 5.11 Å². The number of hydrogen-bond donors (Lipinski definition) is 1. The van der Waals surface area contributed by atoms with Gasteiger partial charge in [-0.25, -0.2) is 4.39 Å². The van der Waals surface area contributed by atoms with Crippen LogP contribution >= 0.6 is 11.6 Å². The topological polar surface area (TPSA) is 20.2 Å². The summed E-state index contributed by atoms with van der Waals surface area (Å²) in [4.78, 5) is 0. The molecule has 3 heteroatoms. The molecule has 1 aromatic rings. The molecule has 0 heterocycles. The molecule has 0 aromatic heterocycles. The Bertz CT molecular complexity index is 359. The summed E-state index contributed by atoms with van der Waals surface area (Å²) in [6.45, 7) is 0. The molecule has 1 saturated carbocycles. The van der Waals surface area contributed by atoms with Gasteiger partial charge in [0.1, 0.15) is 5.82 Å². The normalized spacial score (nSPS) is 19.4. The Morgan fingerprint density at radius 1 is 1.33 bits per heavy atom. The van der Waals surface area contributed by atoms with Gasteiger partial charge >= 0.3 is 0 Å². The third kappa shape index (κ3) is 2.50. The molecule has 0 aliphatic heterocycles. The molecule has 0 spiro atoms. The Morgan fingerprint density at radius 3 is 2.60 bits per heavy atom. The Balaban J connectivity index is 2.13. The molecule has 1 nitrogen and oxygen atoms in total. The minimum Gasteiger partial charge on any atom is -0.390 e. The summed E-state index contributed by atoms with van der Waals surface area (Å²) in [6, 6.07) is 4.74. The molecule has 1 aromatic carbocycles. The number of benzene rings is 1. The number of hydrogen-bond acceptors (Lipinski definition) is 1. The van der Waals surface area contributed by atoms with Crippen molar-refractivity contribution in [2.45, 2.75) is 37.7 Å². The van der Waals surface area contributed by atoms with Gasteiger partial charge in [0.05, 0.1) is 10.6 Å². The lowest BCUT2D eigenvalue weighted by molar-refractivity contribution is 0.0481. The number of rotatable bonds is 2. The summed E-state index contributed by atoms with van der Waals surface area (Å²) in [5.74, 6) is -0.407. The SMILES string of the molecule is OC1(Cc2ccc(Cl)c(F)c2)CCCC1. The zero-order chi connectivity index (χ0) is 10.9. The summed E-state index contributed by atoms with van der Waals surface area (Å²) in [5.41, 5.74) is 0.196. The van der Waals surface area contributed by atoms with Crippen molar-refractivity contribution in [1.82, 2.24) is 0 Å². The maximum Gasteiger partial charge on any atom is 0.142 e. The van der Waals surface area contributed by atoms with Crippen LogP contribution in [-0.2, 0) is 6.42 Å². The minimum absolute atomic E-state index is 0.136. The molecule has 82 valence electrons. The Hall–Kier alpha value is -0.600. The average Bonchev–Trinajstić information content (AvgIpc) is 2.59. The summed E-state index contributed by atoms with van der Waals surface area (Å²) >= 11 is 5.59. The average molecular weight is 229 g/mol. The van der Waals surface area contributed by atoms with Crippen LogP contribution in [0.2, 0.25) is 5.02 Å². The van der Waals surface area contributed by atoms with Gasteiger partial charge in [0.2, 0.25) is 0 Å². The lowest BCUT2D eigenvalue weighted by Gasteiger charge is -2.22. The van der Waals surface area contributed by atoms with E-state index >= 15 is 0 Å². The first-order valence-corrected chi connectivity index (χ1v) is 5.63. The smallest absolute Gasteiger partial charge is 0.142 e. The predicted molar refractivity (Wildman–Crippen MR) is 58.5 cm³/mol. The Morgan fingerprint density at radius 2 is 2.00 bits per heavy atom. The molecule has 0 bridgehead atoms. The van der Waals surface area contributed by atoms with Crippen LogP contribution in [0.25, 0.3) is 0 Å². The number of aliphatic hydroxyl groups is 1. The third-order valence-electron chi connectivity index (χ3n) is 3.05. The summed E-state index contributed by atoms with van der Waals surface area (Å²) < 4.78 is 13.2. The van der Waals surface area contributed by atoms with Crippen LogP contribution in [-0.4, -0.2) is 10.7 Å². The molecule has 15 heavy (non-hydrogen) atoms. The molecule has 0 radical (unpaired) electrons. The first kappa shape index (κ1) is 10.9. The van der Waals surface area contributed by atoms with Crippen LogP contribution < -0.4 is 0 Å². The molecule has 1 aliphatic rings. The van der Waals surface area contributed by atoms with Gasteiger partial charge in [-0.15, -0.1) is 0 Å². The van der Waals surface area contributed by atoms with E-state index in [9.17, 15) is 9.50 Å². The molecule has 1 aliphatic carbocycles. The van der Waals surface area contributed by atoms with E-state index in [1.54, 1.807) is 12.1 Å². The highest BCUT2D eigenvalue weighted by atomic mass is 35.5. The fraction of sp³-hybridized carbons (Fsp3) is 0.500. The molecule has 0 unspecified atom stereocenters. The largest absolute Gasteiger partial charge is 0.390 e. The van der Waals surface area contributed by atoms with Gasteiger partial charge in [0.15, 0.2) is 0 Å². The fourth-order valence-corrected chi connectivity index (χ4v) is 2.36. The monoisotopic (exact) mass is 228 g/mol. The molecule has 0 atom stereocenters. The van der Waals surface area contributed by atoms with Gasteiger partial charge in [-0.1, -0.05) is 30.5 Å². The molecule has 1 N–H and O–H groups in total. The second-order valence-electron chi connectivity index (χ2n) is 4.36. The zero-order valence-corrected chi connectivity index (χ0v) is 9.23. The Kier molecular flexibility index (Phi) is 2.98. The van der Waals surface area contributed by atoms with Gasteiger partial charge in [0.25, 0.3) is 0 Å². The van der Waals surface area contributed by atoms with E-state index in [-0.39, 0.29) is 5.02 Å². The molecule has 1 fully saturated rings. The maximum absolute atomic E-state index is 13.2. The summed E-state index contributed by atoms with van der Waals surface area (Å²) in [6.07, 6.45) is 4.29. The van der Waals surface area contributed by atoms with Crippen LogP contribution in [0.4, 0.5) is 4.39 Å². The van der Waals surface area contributed by atoms with Crippen LogP contribution in [0.1, 0.15) is 31.2 Å². The standard InChI is InChI=1S/C12H14ClFO/c13-10-4-3-9(7-11(10)14)8-12(15)5-1-2-6-12/h3-4,7,15H,1-2,5-6,8H2. The highest BCUT2D eigenvalue weighted by Gasteiger charge is 2.31. The Labute approximate surface area is 93.9 Å². The molecular formula is C12H14ClFO. The zero-order valence-electron chi connectivity index (χ0n) is 8.47. The van der Waals surface area contributed by atoms with Crippen molar-refractivity contribution < 1.29 is 9.50 Å². The fourth-order valence-electron chi connectivity index (χ4n) is 2.24. The second kappa shape index (κ2) is 4.11. The predicted octanol–water partition coefficient (Wildman–Crippen LogP) is 3.33. The minimum atomic E-state index is -0.625. The van der Waals surface area contributed by atoms with Gasteiger partial charge in [-0.05, 0) is 30.5 Å². The second-order valence-corrected chi connectivity index (χ2v) is 4.76.